The lowest BCUT2D eigenvalue weighted by atomic mass is 9.88. The molecule has 5 nitrogen and oxygen atoms in total. The second-order valence-electron chi connectivity index (χ2n) is 7.95. The van der Waals surface area contributed by atoms with Gasteiger partial charge in [-0.25, -0.2) is 4.98 Å². The Balaban J connectivity index is 1.65. The highest BCUT2D eigenvalue weighted by molar-refractivity contribution is 9.10. The summed E-state index contributed by atoms with van der Waals surface area (Å²) in [6.45, 7) is 2.29. The van der Waals surface area contributed by atoms with Gasteiger partial charge in [0, 0.05) is 24.1 Å². The summed E-state index contributed by atoms with van der Waals surface area (Å²) >= 11 is 3.80. The van der Waals surface area contributed by atoms with Crippen molar-refractivity contribution in [3.8, 4) is 11.5 Å². The quantitative estimate of drug-likeness (QED) is 0.643. The van der Waals surface area contributed by atoms with Gasteiger partial charge in [-0.05, 0) is 58.7 Å². The molecule has 2 heterocycles. The zero-order chi connectivity index (χ0) is 18.2. The molecule has 1 unspecified atom stereocenters. The second-order valence-corrected chi connectivity index (χ2v) is 9.29. The van der Waals surface area contributed by atoms with Gasteiger partial charge >= 0.3 is 0 Å². The third kappa shape index (κ3) is 2.34. The number of anilines is 1. The lowest BCUT2D eigenvalue weighted by Crippen LogP contribution is -2.14. The van der Waals surface area contributed by atoms with E-state index in [1.54, 1.807) is 0 Å². The maximum absolute atomic E-state index is 13.5. The summed E-state index contributed by atoms with van der Waals surface area (Å²) < 4.78 is 15.9. The molecule has 8 heteroatoms. The minimum absolute atomic E-state index is 0.184. The third-order valence-corrected chi connectivity index (χ3v) is 7.01. The van der Waals surface area contributed by atoms with Gasteiger partial charge in [-0.15, -0.1) is 3.89 Å². The molecule has 0 radical (unpaired) electrons. The fourth-order valence-electron chi connectivity index (χ4n) is 4.24. The molecule has 3 aromatic rings. The second kappa shape index (κ2) is 5.48. The fourth-order valence-corrected chi connectivity index (χ4v) is 5.31. The lowest BCUT2D eigenvalue weighted by Gasteiger charge is -2.18. The molecule has 5 rings (SSSR count). The average molecular weight is 436 g/mol. The van der Waals surface area contributed by atoms with Gasteiger partial charge in [-0.2, -0.15) is 9.19 Å². The van der Waals surface area contributed by atoms with Crippen molar-refractivity contribution in [1.82, 2.24) is 19.2 Å². The zero-order valence-electron chi connectivity index (χ0n) is 14.8. The molecule has 1 fully saturated rings. The van der Waals surface area contributed by atoms with E-state index < -0.39 is 0 Å². The van der Waals surface area contributed by atoms with Gasteiger partial charge in [0.05, 0.1) is 22.4 Å². The van der Waals surface area contributed by atoms with Crippen molar-refractivity contribution < 1.29 is 3.89 Å². The molecule has 2 aromatic heterocycles. The molecule has 1 aromatic carbocycles. The minimum Gasteiger partial charge on any atom is -0.377 e. The van der Waals surface area contributed by atoms with E-state index in [4.69, 9.17) is 4.98 Å². The Morgan fingerprint density at radius 3 is 2.96 bits per heavy atom. The number of halogens is 2. The molecule has 136 valence electrons. The summed E-state index contributed by atoms with van der Waals surface area (Å²) in [6.07, 6.45) is 3.08. The van der Waals surface area contributed by atoms with Crippen molar-refractivity contribution in [3.05, 3.63) is 27.9 Å². The Morgan fingerprint density at radius 2 is 2.23 bits per heavy atom. The SMILES string of the molecule is CN(C)c1cc2nc(-c3nn(SF)c4c3CC3C[C@]3(C)C4)[nH]c2cc1Br. The third-order valence-electron chi connectivity index (χ3n) is 5.94. The summed E-state index contributed by atoms with van der Waals surface area (Å²) in [6, 6.07) is 4.08. The van der Waals surface area contributed by atoms with E-state index in [1.807, 2.05) is 31.1 Å². The summed E-state index contributed by atoms with van der Waals surface area (Å²) in [5.41, 5.74) is 6.18. The maximum Gasteiger partial charge on any atom is 0.187 e. The topological polar surface area (TPSA) is 49.7 Å². The van der Waals surface area contributed by atoms with Gasteiger partial charge in [0.2, 0.25) is 0 Å². The monoisotopic (exact) mass is 435 g/mol. The van der Waals surface area contributed by atoms with Gasteiger partial charge in [-0.1, -0.05) is 6.92 Å². The van der Waals surface area contributed by atoms with E-state index in [0.29, 0.717) is 11.3 Å². The van der Waals surface area contributed by atoms with Crippen LogP contribution in [-0.2, 0) is 12.8 Å². The molecule has 0 bridgehead atoms. The fraction of sp³-hybridized carbons (Fsp3) is 0.444. The highest BCUT2D eigenvalue weighted by Crippen LogP contribution is 2.60. The van der Waals surface area contributed by atoms with E-state index >= 15 is 0 Å². The van der Waals surface area contributed by atoms with Crippen molar-refractivity contribution >= 4 is 45.0 Å². The summed E-state index contributed by atoms with van der Waals surface area (Å²) in [4.78, 5) is 10.2. The van der Waals surface area contributed by atoms with Gasteiger partial charge < -0.3 is 9.88 Å². The van der Waals surface area contributed by atoms with Gasteiger partial charge in [0.1, 0.15) is 5.69 Å². The van der Waals surface area contributed by atoms with Crippen LogP contribution in [0.25, 0.3) is 22.6 Å². The van der Waals surface area contributed by atoms with E-state index in [2.05, 4.69) is 32.9 Å². The van der Waals surface area contributed by atoms with Gasteiger partial charge in [0.15, 0.2) is 18.2 Å². The predicted molar refractivity (Wildman–Crippen MR) is 107 cm³/mol. The molecule has 2 atom stereocenters. The number of imidazole rings is 1. The van der Waals surface area contributed by atoms with E-state index in [9.17, 15) is 3.89 Å². The Hall–Kier alpha value is -1.54. The van der Waals surface area contributed by atoms with Crippen LogP contribution < -0.4 is 4.90 Å². The molecule has 0 aliphatic heterocycles. The van der Waals surface area contributed by atoms with E-state index in [0.717, 1.165) is 56.8 Å². The Kier molecular flexibility index (Phi) is 3.50. The first-order valence-corrected chi connectivity index (χ1v) is 10.1. The van der Waals surface area contributed by atoms with Crippen LogP contribution in [0.4, 0.5) is 9.57 Å². The number of fused-ring (bicyclic) bond motifs is 3. The number of rotatable bonds is 3. The van der Waals surface area contributed by atoms with Crippen LogP contribution >= 0.6 is 28.3 Å². The van der Waals surface area contributed by atoms with Crippen molar-refractivity contribution in [3.63, 3.8) is 0 Å². The number of benzene rings is 1. The maximum atomic E-state index is 13.5. The first-order valence-electron chi connectivity index (χ1n) is 8.66. The van der Waals surface area contributed by atoms with Gasteiger partial charge in [-0.3, -0.25) is 0 Å². The normalized spacial score (nSPS) is 23.8. The van der Waals surface area contributed by atoms with Crippen molar-refractivity contribution in [1.29, 1.82) is 0 Å². The largest absolute Gasteiger partial charge is 0.377 e. The summed E-state index contributed by atoms with van der Waals surface area (Å²) in [7, 11) is 4.01. The molecule has 2 aliphatic rings. The molecule has 26 heavy (non-hydrogen) atoms. The lowest BCUT2D eigenvalue weighted by molar-refractivity contribution is 0.464. The molecule has 1 saturated carbocycles. The first kappa shape index (κ1) is 16.6. The number of nitrogens with zero attached hydrogens (tertiary/aromatic N) is 4. The Morgan fingerprint density at radius 1 is 1.42 bits per heavy atom. The van der Waals surface area contributed by atoms with Crippen LogP contribution in [0.2, 0.25) is 0 Å². The molecule has 1 N–H and O–H groups in total. The van der Waals surface area contributed by atoms with Gasteiger partial charge in [0.25, 0.3) is 0 Å². The Labute approximate surface area is 163 Å². The number of aromatic nitrogens is 4. The predicted octanol–water partition coefficient (Wildman–Crippen LogP) is 4.76. The standard InChI is InChI=1S/C18H19BrFN5S/c1-18-7-9(18)4-10-15(8-18)25(26-20)23-16(10)17-21-12-5-11(19)14(24(2)3)6-13(12)22-17/h5-6,9H,4,7-8H2,1-3H3,(H,21,22)/t9?,18-/m1/s1. The van der Waals surface area contributed by atoms with Crippen LogP contribution in [0, 0.1) is 11.3 Å². The number of hydrogen-bond acceptors (Lipinski definition) is 4. The molecular formula is C18H19BrFN5S. The molecule has 0 amide bonds. The molecule has 0 saturated heterocycles. The molecule has 0 spiro atoms. The van der Waals surface area contributed by atoms with Crippen molar-refractivity contribution in [2.75, 3.05) is 19.0 Å². The van der Waals surface area contributed by atoms with Crippen LogP contribution in [0.5, 0.6) is 0 Å². The highest BCUT2D eigenvalue weighted by atomic mass is 79.9. The van der Waals surface area contributed by atoms with E-state index in [-0.39, 0.29) is 12.3 Å². The number of aromatic amines is 1. The van der Waals surface area contributed by atoms with E-state index in [1.165, 1.54) is 10.5 Å². The first-order chi connectivity index (χ1) is 12.4. The Bertz CT molecular complexity index is 1040. The van der Waals surface area contributed by atoms with Crippen LogP contribution in [0.3, 0.4) is 0 Å². The van der Waals surface area contributed by atoms with Crippen LogP contribution in [0.1, 0.15) is 24.6 Å². The number of hydrogen-bond donors (Lipinski definition) is 1. The highest BCUT2D eigenvalue weighted by Gasteiger charge is 2.54. The summed E-state index contributed by atoms with van der Waals surface area (Å²) in [5.74, 6) is 1.41. The van der Waals surface area contributed by atoms with Crippen molar-refractivity contribution in [2.45, 2.75) is 26.2 Å². The van der Waals surface area contributed by atoms with Crippen LogP contribution in [0.15, 0.2) is 16.6 Å². The number of nitrogens with one attached hydrogen (secondary N) is 1. The van der Waals surface area contributed by atoms with Crippen molar-refractivity contribution in [2.24, 2.45) is 11.3 Å². The molecule has 2 aliphatic carbocycles. The average Bonchev–Trinajstić information content (AvgIpc) is 2.92. The van der Waals surface area contributed by atoms with Crippen LogP contribution in [-0.4, -0.2) is 33.2 Å². The zero-order valence-corrected chi connectivity index (χ0v) is 17.2. The smallest absolute Gasteiger partial charge is 0.187 e. The minimum atomic E-state index is 0.184. The molecular weight excluding hydrogens is 417 g/mol. The summed E-state index contributed by atoms with van der Waals surface area (Å²) in [5, 5.41) is 4.53. The number of H-pyrrole nitrogens is 1.